The van der Waals surface area contributed by atoms with Gasteiger partial charge in [0.1, 0.15) is 11.6 Å². The van der Waals surface area contributed by atoms with Crippen LogP contribution in [0.25, 0.3) is 0 Å². The molecule has 7 nitrogen and oxygen atoms in total. The highest BCUT2D eigenvalue weighted by Crippen LogP contribution is 2.17. The van der Waals surface area contributed by atoms with Crippen LogP contribution >= 0.6 is 0 Å². The summed E-state index contributed by atoms with van der Waals surface area (Å²) in [6, 6.07) is 0. The molecule has 0 saturated carbocycles. The van der Waals surface area contributed by atoms with Crippen molar-refractivity contribution >= 4 is 15.8 Å². The summed E-state index contributed by atoms with van der Waals surface area (Å²) in [4.78, 5) is 4.07. The molecule has 104 valence electrons. The maximum absolute atomic E-state index is 12.2. The lowest BCUT2D eigenvalue weighted by Crippen LogP contribution is -2.14. The van der Waals surface area contributed by atoms with E-state index in [-0.39, 0.29) is 5.03 Å². The lowest BCUT2D eigenvalue weighted by molar-refractivity contribution is 0.597. The predicted molar refractivity (Wildman–Crippen MR) is 71.4 cm³/mol. The first-order valence-electron chi connectivity index (χ1n) is 6.06. The first-order chi connectivity index (χ1) is 8.97. The van der Waals surface area contributed by atoms with E-state index >= 15 is 0 Å². The minimum absolute atomic E-state index is 0.0171. The van der Waals surface area contributed by atoms with E-state index in [9.17, 15) is 8.42 Å². The maximum atomic E-state index is 12.2. The van der Waals surface area contributed by atoms with Crippen LogP contribution in [0.2, 0.25) is 0 Å². The number of sulfonamides is 1. The van der Waals surface area contributed by atoms with Crippen molar-refractivity contribution in [1.29, 1.82) is 0 Å². The maximum Gasteiger partial charge on any atom is 0.282 e. The van der Waals surface area contributed by atoms with Crippen LogP contribution < -0.4 is 4.72 Å². The van der Waals surface area contributed by atoms with Gasteiger partial charge in [-0.3, -0.25) is 9.82 Å². The minimum Gasteiger partial charge on any atom is -0.334 e. The molecule has 0 aliphatic carbocycles. The molecule has 0 unspecified atom stereocenters. The highest BCUT2D eigenvalue weighted by molar-refractivity contribution is 7.92. The van der Waals surface area contributed by atoms with E-state index in [1.54, 1.807) is 17.7 Å². The van der Waals surface area contributed by atoms with Crippen molar-refractivity contribution in [3.05, 3.63) is 23.8 Å². The highest BCUT2D eigenvalue weighted by atomic mass is 32.2. The number of anilines is 1. The first-order valence-corrected chi connectivity index (χ1v) is 7.55. The van der Waals surface area contributed by atoms with Crippen LogP contribution in [0.4, 0.5) is 5.82 Å². The molecule has 0 aromatic carbocycles. The Kier molecular flexibility index (Phi) is 3.61. The van der Waals surface area contributed by atoms with Gasteiger partial charge in [0, 0.05) is 18.3 Å². The van der Waals surface area contributed by atoms with E-state index in [0.717, 1.165) is 5.56 Å². The third-order valence-electron chi connectivity index (χ3n) is 2.91. The van der Waals surface area contributed by atoms with Gasteiger partial charge in [-0.05, 0) is 20.3 Å². The summed E-state index contributed by atoms with van der Waals surface area (Å²) in [6.07, 6.45) is 3.82. The van der Waals surface area contributed by atoms with Gasteiger partial charge >= 0.3 is 0 Å². The van der Waals surface area contributed by atoms with E-state index in [0.29, 0.717) is 24.6 Å². The van der Waals surface area contributed by atoms with Crippen LogP contribution in [0.15, 0.2) is 17.4 Å². The monoisotopic (exact) mass is 283 g/mol. The normalized spacial score (nSPS) is 11.7. The quantitative estimate of drug-likeness (QED) is 0.865. The minimum atomic E-state index is -3.68. The second-order valence-electron chi connectivity index (χ2n) is 4.14. The summed E-state index contributed by atoms with van der Waals surface area (Å²) in [5.74, 6) is 1.06. The van der Waals surface area contributed by atoms with E-state index in [1.165, 1.54) is 6.20 Å². The number of aromatic nitrogens is 4. The molecule has 8 heteroatoms. The zero-order valence-electron chi connectivity index (χ0n) is 11.1. The zero-order chi connectivity index (χ0) is 14.0. The zero-order valence-corrected chi connectivity index (χ0v) is 12.0. The fourth-order valence-electron chi connectivity index (χ4n) is 1.78. The number of aryl methyl sites for hydroxylation is 3. The van der Waals surface area contributed by atoms with E-state index < -0.39 is 10.0 Å². The molecule has 0 amide bonds. The highest BCUT2D eigenvalue weighted by Gasteiger charge is 2.20. The Labute approximate surface area is 112 Å². The molecule has 0 atom stereocenters. The lowest BCUT2D eigenvalue weighted by Gasteiger charge is -2.04. The second-order valence-corrected chi connectivity index (χ2v) is 5.77. The van der Waals surface area contributed by atoms with Crippen molar-refractivity contribution in [3.8, 4) is 0 Å². The molecule has 0 aliphatic rings. The molecule has 2 heterocycles. The van der Waals surface area contributed by atoms with Crippen molar-refractivity contribution < 1.29 is 8.42 Å². The molecule has 0 aliphatic heterocycles. The molecule has 19 heavy (non-hydrogen) atoms. The lowest BCUT2D eigenvalue weighted by atomic mass is 10.3. The number of rotatable bonds is 5. The molecule has 2 N–H and O–H groups in total. The molecule has 2 aromatic rings. The molecular formula is C11H17N5O2S. The molecule has 0 radical (unpaired) electrons. The first kappa shape index (κ1) is 13.6. The third kappa shape index (κ3) is 2.62. The van der Waals surface area contributed by atoms with Crippen molar-refractivity contribution in [1.82, 2.24) is 19.7 Å². The summed E-state index contributed by atoms with van der Waals surface area (Å²) in [6.45, 7) is 6.32. The number of hydrogen-bond acceptors (Lipinski definition) is 4. The van der Waals surface area contributed by atoms with Gasteiger partial charge in [0.15, 0.2) is 5.03 Å². The summed E-state index contributed by atoms with van der Waals surface area (Å²) in [7, 11) is -3.68. The van der Waals surface area contributed by atoms with Gasteiger partial charge in [0.05, 0.1) is 6.20 Å². The molecule has 0 bridgehead atoms. The van der Waals surface area contributed by atoms with Gasteiger partial charge in [-0.25, -0.2) is 4.98 Å². The summed E-state index contributed by atoms with van der Waals surface area (Å²) < 4.78 is 28.7. The Morgan fingerprint density at radius 2 is 2.16 bits per heavy atom. The molecule has 0 saturated heterocycles. The Morgan fingerprint density at radius 1 is 1.42 bits per heavy atom. The number of imidazole rings is 1. The Balaban J connectivity index is 2.32. The number of hydrogen-bond donors (Lipinski definition) is 2. The molecule has 2 rings (SSSR count). The molecular weight excluding hydrogens is 266 g/mol. The van der Waals surface area contributed by atoms with Crippen molar-refractivity contribution in [2.24, 2.45) is 0 Å². The van der Waals surface area contributed by atoms with Crippen LogP contribution in [0.3, 0.4) is 0 Å². The third-order valence-corrected chi connectivity index (χ3v) is 4.13. The number of H-pyrrole nitrogens is 1. The summed E-state index contributed by atoms with van der Waals surface area (Å²) in [5, 5.41) is 6.49. The SMILES string of the molecule is CCc1cn[nH]c1NS(=O)(=O)c1cn(CC)c(C)n1. The van der Waals surface area contributed by atoms with Crippen molar-refractivity contribution in [3.63, 3.8) is 0 Å². The Morgan fingerprint density at radius 3 is 2.74 bits per heavy atom. The van der Waals surface area contributed by atoms with E-state index in [1.807, 2.05) is 13.8 Å². The second kappa shape index (κ2) is 5.04. The van der Waals surface area contributed by atoms with Gasteiger partial charge in [0.25, 0.3) is 10.0 Å². The van der Waals surface area contributed by atoms with Gasteiger partial charge < -0.3 is 4.57 Å². The number of aromatic amines is 1. The molecule has 2 aromatic heterocycles. The van der Waals surface area contributed by atoms with Crippen LogP contribution in [0.5, 0.6) is 0 Å². The van der Waals surface area contributed by atoms with Crippen LogP contribution in [-0.4, -0.2) is 28.2 Å². The fraction of sp³-hybridized carbons (Fsp3) is 0.455. The van der Waals surface area contributed by atoms with Crippen molar-refractivity contribution in [2.75, 3.05) is 4.72 Å². The van der Waals surface area contributed by atoms with Gasteiger partial charge in [0.2, 0.25) is 0 Å². The molecule has 0 fully saturated rings. The van der Waals surface area contributed by atoms with Gasteiger partial charge in [-0.1, -0.05) is 6.92 Å². The molecule has 0 spiro atoms. The Bertz CT molecular complexity index is 671. The average molecular weight is 283 g/mol. The van der Waals surface area contributed by atoms with E-state index in [2.05, 4.69) is 19.9 Å². The standard InChI is InChI=1S/C11H17N5O2S/c1-4-9-6-12-14-11(9)15-19(17,18)10-7-16(5-2)8(3)13-10/h6-7H,4-5H2,1-3H3,(H2,12,14,15). The number of nitrogens with zero attached hydrogens (tertiary/aromatic N) is 3. The van der Waals surface area contributed by atoms with Crippen LogP contribution in [0, 0.1) is 6.92 Å². The fourth-order valence-corrected chi connectivity index (χ4v) is 2.85. The Hall–Kier alpha value is -1.83. The van der Waals surface area contributed by atoms with Gasteiger partial charge in [-0.15, -0.1) is 0 Å². The van der Waals surface area contributed by atoms with E-state index in [4.69, 9.17) is 0 Å². The van der Waals surface area contributed by atoms with Crippen molar-refractivity contribution in [2.45, 2.75) is 38.8 Å². The van der Waals surface area contributed by atoms with Gasteiger partial charge in [-0.2, -0.15) is 13.5 Å². The topological polar surface area (TPSA) is 92.7 Å². The summed E-state index contributed by atoms with van der Waals surface area (Å²) >= 11 is 0. The number of nitrogens with one attached hydrogen (secondary N) is 2. The predicted octanol–water partition coefficient (Wildman–Crippen LogP) is 1.30. The average Bonchev–Trinajstić information content (AvgIpc) is 2.95. The summed E-state index contributed by atoms with van der Waals surface area (Å²) in [5.41, 5.74) is 0.815. The largest absolute Gasteiger partial charge is 0.334 e. The van der Waals surface area contributed by atoms with Crippen LogP contribution in [-0.2, 0) is 23.0 Å². The van der Waals surface area contributed by atoms with Crippen LogP contribution in [0.1, 0.15) is 25.2 Å². The smallest absolute Gasteiger partial charge is 0.282 e.